The summed E-state index contributed by atoms with van der Waals surface area (Å²) in [5.74, 6) is -1.80. The molecule has 0 aliphatic carbocycles. The van der Waals surface area contributed by atoms with E-state index in [1.54, 1.807) is 13.8 Å². The highest BCUT2D eigenvalue weighted by atomic mass is 16.4. The van der Waals surface area contributed by atoms with Crippen molar-refractivity contribution in [3.63, 3.8) is 0 Å². The molecule has 2 atom stereocenters. The van der Waals surface area contributed by atoms with E-state index in [1.165, 1.54) is 6.92 Å². The Kier molecular flexibility index (Phi) is 4.40. The van der Waals surface area contributed by atoms with Crippen molar-refractivity contribution in [2.75, 3.05) is 0 Å². The number of rotatable bonds is 4. The predicted octanol–water partition coefficient (Wildman–Crippen LogP) is -0.407. The molecule has 0 fully saturated rings. The van der Waals surface area contributed by atoms with E-state index in [0.717, 1.165) is 0 Å². The fraction of sp³-hybridized carbons (Fsp3) is 0.750. The molecule has 0 unspecified atom stereocenters. The summed E-state index contributed by atoms with van der Waals surface area (Å²) in [6.45, 7) is 4.74. The van der Waals surface area contributed by atoms with Crippen LogP contribution in [0.15, 0.2) is 0 Å². The minimum Gasteiger partial charge on any atom is -0.479 e. The number of carbonyl (C=O) groups is 2. The Bertz CT molecular complexity index is 202. The molecule has 5 nitrogen and oxygen atoms in total. The van der Waals surface area contributed by atoms with Gasteiger partial charge in [0.05, 0.1) is 6.04 Å². The van der Waals surface area contributed by atoms with Crippen molar-refractivity contribution in [3.05, 3.63) is 0 Å². The first-order chi connectivity index (χ1) is 5.86. The first-order valence-corrected chi connectivity index (χ1v) is 4.04. The van der Waals surface area contributed by atoms with Gasteiger partial charge in [-0.3, -0.25) is 4.79 Å². The molecule has 0 bridgehead atoms. The third kappa shape index (κ3) is 3.89. The topological polar surface area (TPSA) is 86.6 Å². The van der Waals surface area contributed by atoms with Crippen molar-refractivity contribution in [1.29, 1.82) is 0 Å². The lowest BCUT2D eigenvalue weighted by Crippen LogP contribution is -2.49. The normalized spacial score (nSPS) is 15.2. The van der Waals surface area contributed by atoms with Crippen LogP contribution in [-0.4, -0.2) is 34.2 Å². The third-order valence-corrected chi connectivity index (χ3v) is 1.68. The molecule has 13 heavy (non-hydrogen) atoms. The smallest absolute Gasteiger partial charge is 0.334 e. The Morgan fingerprint density at radius 2 is 1.77 bits per heavy atom. The Morgan fingerprint density at radius 1 is 1.31 bits per heavy atom. The van der Waals surface area contributed by atoms with Gasteiger partial charge in [-0.25, -0.2) is 4.79 Å². The molecule has 3 N–H and O–H groups in total. The molecule has 0 saturated heterocycles. The molecule has 0 radical (unpaired) electrons. The van der Waals surface area contributed by atoms with E-state index in [2.05, 4.69) is 5.32 Å². The second-order valence-corrected chi connectivity index (χ2v) is 3.25. The highest BCUT2D eigenvalue weighted by Gasteiger charge is 2.28. The number of hydrogen-bond donors (Lipinski definition) is 3. The maximum Gasteiger partial charge on any atom is 0.334 e. The Morgan fingerprint density at radius 3 is 2.00 bits per heavy atom. The number of aliphatic carboxylic acids is 1. The van der Waals surface area contributed by atoms with Gasteiger partial charge in [0.25, 0.3) is 0 Å². The summed E-state index contributed by atoms with van der Waals surface area (Å²) in [6.07, 6.45) is -1.55. The summed E-state index contributed by atoms with van der Waals surface area (Å²) in [5, 5.41) is 20.1. The second-order valence-electron chi connectivity index (χ2n) is 3.25. The van der Waals surface area contributed by atoms with E-state index in [0.29, 0.717) is 0 Å². The molecule has 0 spiro atoms. The molecule has 0 aliphatic heterocycles. The zero-order valence-electron chi connectivity index (χ0n) is 7.94. The van der Waals surface area contributed by atoms with Crippen LogP contribution in [0.5, 0.6) is 0 Å². The van der Waals surface area contributed by atoms with E-state index in [4.69, 9.17) is 5.11 Å². The molecule has 0 aromatic carbocycles. The number of nitrogens with one attached hydrogen (secondary N) is 1. The van der Waals surface area contributed by atoms with Gasteiger partial charge in [0.1, 0.15) is 0 Å². The first-order valence-electron chi connectivity index (χ1n) is 4.04. The molecule has 76 valence electrons. The molecule has 0 aliphatic rings. The molecular weight excluding hydrogens is 174 g/mol. The van der Waals surface area contributed by atoms with Gasteiger partial charge >= 0.3 is 5.97 Å². The van der Waals surface area contributed by atoms with Crippen LogP contribution in [0.3, 0.4) is 0 Å². The van der Waals surface area contributed by atoms with Crippen molar-refractivity contribution in [2.45, 2.75) is 32.9 Å². The van der Waals surface area contributed by atoms with Crippen molar-refractivity contribution < 1.29 is 19.8 Å². The zero-order chi connectivity index (χ0) is 10.6. The van der Waals surface area contributed by atoms with Gasteiger partial charge in [-0.2, -0.15) is 0 Å². The van der Waals surface area contributed by atoms with Crippen molar-refractivity contribution in [3.8, 4) is 0 Å². The maximum absolute atomic E-state index is 10.7. The molecule has 5 heteroatoms. The van der Waals surface area contributed by atoms with Crippen LogP contribution < -0.4 is 5.32 Å². The van der Waals surface area contributed by atoms with Gasteiger partial charge in [0, 0.05) is 6.92 Å². The standard InChI is InChI=1S/C8H15NO4/c1-4(2)6(9-5(3)10)7(11)8(12)13/h4,6-7,11H,1-3H3,(H,9,10)(H,12,13)/t6-,7-/m0/s1. The second kappa shape index (κ2) is 4.81. The molecule has 0 saturated carbocycles. The van der Waals surface area contributed by atoms with Crippen LogP contribution in [0, 0.1) is 5.92 Å². The first kappa shape index (κ1) is 11.9. The monoisotopic (exact) mass is 189 g/mol. The van der Waals surface area contributed by atoms with Gasteiger partial charge in [0.2, 0.25) is 5.91 Å². The lowest BCUT2D eigenvalue weighted by Gasteiger charge is -2.23. The van der Waals surface area contributed by atoms with Crippen LogP contribution in [0.2, 0.25) is 0 Å². The van der Waals surface area contributed by atoms with Crippen LogP contribution in [0.1, 0.15) is 20.8 Å². The maximum atomic E-state index is 10.7. The van der Waals surface area contributed by atoms with Crippen LogP contribution in [0.25, 0.3) is 0 Å². The largest absolute Gasteiger partial charge is 0.479 e. The number of aliphatic hydroxyl groups excluding tert-OH is 1. The summed E-state index contributed by atoms with van der Waals surface area (Å²) >= 11 is 0. The van der Waals surface area contributed by atoms with Gasteiger partial charge < -0.3 is 15.5 Å². The van der Waals surface area contributed by atoms with E-state index in [9.17, 15) is 14.7 Å². The molecule has 0 heterocycles. The lowest BCUT2D eigenvalue weighted by molar-refractivity contribution is -0.149. The number of carbonyl (C=O) groups excluding carboxylic acids is 1. The summed E-state index contributed by atoms with van der Waals surface area (Å²) in [5.41, 5.74) is 0. The Hall–Kier alpha value is -1.10. The van der Waals surface area contributed by atoms with E-state index < -0.39 is 18.1 Å². The van der Waals surface area contributed by atoms with E-state index >= 15 is 0 Å². The molecule has 0 aromatic rings. The fourth-order valence-corrected chi connectivity index (χ4v) is 0.998. The number of hydrogen-bond acceptors (Lipinski definition) is 3. The van der Waals surface area contributed by atoms with E-state index in [1.807, 2.05) is 0 Å². The summed E-state index contributed by atoms with van der Waals surface area (Å²) in [7, 11) is 0. The van der Waals surface area contributed by atoms with Gasteiger partial charge in [-0.1, -0.05) is 13.8 Å². The average molecular weight is 189 g/mol. The number of amides is 1. The SMILES string of the molecule is CC(=O)N[C@@H](C(C)C)[C@H](O)C(=O)O. The summed E-state index contributed by atoms with van der Waals surface area (Å²) in [6, 6.07) is -0.741. The van der Waals surface area contributed by atoms with Crippen LogP contribution in [-0.2, 0) is 9.59 Å². The fourth-order valence-electron chi connectivity index (χ4n) is 0.998. The van der Waals surface area contributed by atoms with Gasteiger partial charge in [0.15, 0.2) is 6.10 Å². The Balaban J connectivity index is 4.41. The quantitative estimate of drug-likeness (QED) is 0.561. The number of aliphatic hydroxyl groups is 1. The minimum absolute atomic E-state index is 0.130. The molecule has 0 rings (SSSR count). The Labute approximate surface area is 76.8 Å². The minimum atomic E-state index is -1.55. The average Bonchev–Trinajstić information content (AvgIpc) is 1.97. The van der Waals surface area contributed by atoms with Crippen LogP contribution >= 0.6 is 0 Å². The molecule has 1 amide bonds. The molecule has 0 aromatic heterocycles. The predicted molar refractivity (Wildman–Crippen MR) is 46.1 cm³/mol. The van der Waals surface area contributed by atoms with Gasteiger partial charge in [-0.05, 0) is 5.92 Å². The summed E-state index contributed by atoms with van der Waals surface area (Å²) in [4.78, 5) is 21.1. The number of carboxylic acid groups (broad SMARTS) is 1. The van der Waals surface area contributed by atoms with Gasteiger partial charge in [-0.15, -0.1) is 0 Å². The highest BCUT2D eigenvalue weighted by Crippen LogP contribution is 2.06. The van der Waals surface area contributed by atoms with E-state index in [-0.39, 0.29) is 11.8 Å². The number of carboxylic acids is 1. The third-order valence-electron chi connectivity index (χ3n) is 1.68. The van der Waals surface area contributed by atoms with Crippen molar-refractivity contribution in [2.24, 2.45) is 5.92 Å². The molecular formula is C8H15NO4. The highest BCUT2D eigenvalue weighted by molar-refractivity contribution is 5.77. The zero-order valence-corrected chi connectivity index (χ0v) is 7.94. The van der Waals surface area contributed by atoms with Crippen molar-refractivity contribution in [1.82, 2.24) is 5.32 Å². The lowest BCUT2D eigenvalue weighted by atomic mass is 9.98. The van der Waals surface area contributed by atoms with Crippen LogP contribution in [0.4, 0.5) is 0 Å². The summed E-state index contributed by atoms with van der Waals surface area (Å²) < 4.78 is 0. The van der Waals surface area contributed by atoms with Crippen molar-refractivity contribution >= 4 is 11.9 Å².